The van der Waals surface area contributed by atoms with Crippen molar-refractivity contribution in [2.24, 2.45) is 5.92 Å². The zero-order valence-electron chi connectivity index (χ0n) is 13.8. The van der Waals surface area contributed by atoms with Crippen molar-refractivity contribution in [3.05, 3.63) is 30.1 Å². The van der Waals surface area contributed by atoms with Gasteiger partial charge >= 0.3 is 5.97 Å². The zero-order valence-corrected chi connectivity index (χ0v) is 13.8. The second-order valence-corrected chi connectivity index (χ2v) is 5.72. The van der Waals surface area contributed by atoms with Crippen LogP contribution in [-0.2, 0) is 25.7 Å². The third-order valence-electron chi connectivity index (χ3n) is 3.02. The summed E-state index contributed by atoms with van der Waals surface area (Å²) in [4.78, 5) is 38.2. The van der Waals surface area contributed by atoms with Crippen LogP contribution >= 0.6 is 0 Å². The van der Waals surface area contributed by atoms with Crippen molar-refractivity contribution in [1.29, 1.82) is 0 Å². The molecule has 1 rings (SSSR count). The number of ether oxygens (including phenoxy) is 1. The first-order valence-electron chi connectivity index (χ1n) is 7.64. The van der Waals surface area contributed by atoms with Gasteiger partial charge in [0.1, 0.15) is 19.3 Å². The van der Waals surface area contributed by atoms with E-state index in [1.165, 1.54) is 0 Å². The van der Waals surface area contributed by atoms with E-state index in [1.807, 2.05) is 19.9 Å². The van der Waals surface area contributed by atoms with Crippen molar-refractivity contribution in [1.82, 2.24) is 15.6 Å². The summed E-state index contributed by atoms with van der Waals surface area (Å²) in [6.07, 6.45) is 3.60. The summed E-state index contributed by atoms with van der Waals surface area (Å²) >= 11 is 0. The molecule has 0 aromatic carbocycles. The highest BCUT2D eigenvalue weighted by Gasteiger charge is 2.21. The Bertz CT molecular complexity index is 548. The number of carbonyl (C=O) groups excluding carboxylic acids is 2. The third-order valence-corrected chi connectivity index (χ3v) is 3.02. The van der Waals surface area contributed by atoms with E-state index in [9.17, 15) is 14.4 Å². The van der Waals surface area contributed by atoms with E-state index in [0.717, 1.165) is 5.56 Å². The number of pyridine rings is 1. The molecule has 1 atom stereocenters. The number of aromatic nitrogens is 1. The van der Waals surface area contributed by atoms with Crippen molar-refractivity contribution in [3.8, 4) is 0 Å². The number of hydrogen-bond donors (Lipinski definition) is 3. The summed E-state index contributed by atoms with van der Waals surface area (Å²) in [6.45, 7) is 3.39. The van der Waals surface area contributed by atoms with Crippen molar-refractivity contribution >= 4 is 17.8 Å². The summed E-state index contributed by atoms with van der Waals surface area (Å²) in [5.41, 5.74) is 0.849. The maximum absolute atomic E-state index is 11.7. The summed E-state index contributed by atoms with van der Waals surface area (Å²) < 4.78 is 5.00. The normalized spacial score (nSPS) is 11.8. The molecular formula is C16H23N3O5. The van der Waals surface area contributed by atoms with Gasteiger partial charge in [-0.25, -0.2) is 4.79 Å². The van der Waals surface area contributed by atoms with Gasteiger partial charge in [-0.2, -0.15) is 0 Å². The Hall–Kier alpha value is -2.48. The van der Waals surface area contributed by atoms with Gasteiger partial charge in [-0.1, -0.05) is 19.9 Å². The summed E-state index contributed by atoms with van der Waals surface area (Å²) in [5, 5.41) is 14.0. The van der Waals surface area contributed by atoms with Crippen molar-refractivity contribution in [2.75, 3.05) is 13.2 Å². The first-order valence-corrected chi connectivity index (χ1v) is 7.64. The molecule has 132 valence electrons. The quantitative estimate of drug-likeness (QED) is 0.566. The Labute approximate surface area is 140 Å². The molecule has 1 heterocycles. The highest BCUT2D eigenvalue weighted by atomic mass is 16.5. The number of hydrogen-bond acceptors (Lipinski definition) is 5. The molecule has 1 aromatic heterocycles. The summed E-state index contributed by atoms with van der Waals surface area (Å²) in [7, 11) is 0. The Morgan fingerprint density at radius 2 is 1.96 bits per heavy atom. The first-order chi connectivity index (χ1) is 11.4. The van der Waals surface area contributed by atoms with Gasteiger partial charge in [0.15, 0.2) is 0 Å². The molecule has 0 aliphatic heterocycles. The lowest BCUT2D eigenvalue weighted by Gasteiger charge is -2.16. The molecule has 1 aromatic rings. The smallest absolute Gasteiger partial charge is 0.326 e. The van der Waals surface area contributed by atoms with Crippen molar-refractivity contribution in [2.45, 2.75) is 32.9 Å². The zero-order chi connectivity index (χ0) is 17.9. The molecule has 2 amide bonds. The monoisotopic (exact) mass is 337 g/mol. The number of nitrogens with zero attached hydrogens (tertiary/aromatic N) is 1. The van der Waals surface area contributed by atoms with E-state index < -0.39 is 17.9 Å². The largest absolute Gasteiger partial charge is 0.480 e. The van der Waals surface area contributed by atoms with Gasteiger partial charge in [0.2, 0.25) is 11.8 Å². The van der Waals surface area contributed by atoms with E-state index in [1.54, 1.807) is 18.5 Å². The van der Waals surface area contributed by atoms with Crippen LogP contribution in [0.3, 0.4) is 0 Å². The fourth-order valence-electron chi connectivity index (χ4n) is 1.92. The average molecular weight is 337 g/mol. The molecule has 0 saturated carbocycles. The second kappa shape index (κ2) is 10.3. The van der Waals surface area contributed by atoms with Crippen LogP contribution in [0.25, 0.3) is 0 Å². The summed E-state index contributed by atoms with van der Waals surface area (Å²) in [6, 6.07) is 2.63. The average Bonchev–Trinajstić information content (AvgIpc) is 2.52. The number of nitrogens with one attached hydrogen (secondary N) is 2. The Balaban J connectivity index is 2.24. The van der Waals surface area contributed by atoms with E-state index >= 15 is 0 Å². The van der Waals surface area contributed by atoms with E-state index in [-0.39, 0.29) is 25.0 Å². The van der Waals surface area contributed by atoms with Gasteiger partial charge in [0.05, 0.1) is 0 Å². The molecule has 0 saturated heterocycles. The van der Waals surface area contributed by atoms with Crippen LogP contribution in [-0.4, -0.2) is 47.1 Å². The van der Waals surface area contributed by atoms with E-state index in [2.05, 4.69) is 15.6 Å². The highest BCUT2D eigenvalue weighted by Crippen LogP contribution is 2.04. The molecule has 0 spiro atoms. The predicted molar refractivity (Wildman–Crippen MR) is 85.9 cm³/mol. The van der Waals surface area contributed by atoms with Gasteiger partial charge in [-0.15, -0.1) is 0 Å². The molecule has 1 unspecified atom stereocenters. The molecule has 0 aliphatic carbocycles. The van der Waals surface area contributed by atoms with Crippen LogP contribution < -0.4 is 10.6 Å². The van der Waals surface area contributed by atoms with Gasteiger partial charge < -0.3 is 20.5 Å². The molecule has 8 heteroatoms. The van der Waals surface area contributed by atoms with Gasteiger partial charge in [-0.3, -0.25) is 14.6 Å². The standard InChI is InChI=1S/C16H23N3O5/c1-11(2)6-13(16(22)23)19-15(21)10-24-9-14(20)18-8-12-4-3-5-17-7-12/h3-5,7,11,13H,6,8-10H2,1-2H3,(H,18,20)(H,19,21)(H,22,23). The molecular weight excluding hydrogens is 314 g/mol. The molecule has 24 heavy (non-hydrogen) atoms. The van der Waals surface area contributed by atoms with Crippen LogP contribution in [0.15, 0.2) is 24.5 Å². The lowest BCUT2D eigenvalue weighted by molar-refractivity contribution is -0.143. The van der Waals surface area contributed by atoms with E-state index in [4.69, 9.17) is 9.84 Å². The molecule has 3 N–H and O–H groups in total. The highest BCUT2D eigenvalue weighted by molar-refractivity contribution is 5.84. The lowest BCUT2D eigenvalue weighted by Crippen LogP contribution is -2.43. The number of carbonyl (C=O) groups is 3. The number of rotatable bonds is 10. The Morgan fingerprint density at radius 1 is 1.25 bits per heavy atom. The fraction of sp³-hybridized carbons (Fsp3) is 0.500. The number of carboxylic acids is 1. The third kappa shape index (κ3) is 8.23. The molecule has 8 nitrogen and oxygen atoms in total. The number of aliphatic carboxylic acids is 1. The van der Waals surface area contributed by atoms with Crippen molar-refractivity contribution < 1.29 is 24.2 Å². The summed E-state index contributed by atoms with van der Waals surface area (Å²) in [5.74, 6) is -1.90. The van der Waals surface area contributed by atoms with E-state index in [0.29, 0.717) is 13.0 Å². The molecule has 0 fully saturated rings. The second-order valence-electron chi connectivity index (χ2n) is 5.72. The van der Waals surface area contributed by atoms with Crippen LogP contribution in [0.1, 0.15) is 25.8 Å². The first kappa shape index (κ1) is 19.6. The number of carboxylic acid groups (broad SMARTS) is 1. The number of amides is 2. The van der Waals surface area contributed by atoms with Crippen LogP contribution in [0.5, 0.6) is 0 Å². The Kier molecular flexibility index (Phi) is 8.42. The van der Waals surface area contributed by atoms with Crippen LogP contribution in [0.2, 0.25) is 0 Å². The lowest BCUT2D eigenvalue weighted by atomic mass is 10.0. The topological polar surface area (TPSA) is 118 Å². The SMILES string of the molecule is CC(C)CC(NC(=O)COCC(=O)NCc1cccnc1)C(=O)O. The minimum atomic E-state index is -1.09. The molecule has 0 radical (unpaired) electrons. The molecule has 0 aliphatic rings. The predicted octanol–water partition coefficient (Wildman–Crippen LogP) is 0.330. The van der Waals surface area contributed by atoms with Crippen molar-refractivity contribution in [3.63, 3.8) is 0 Å². The van der Waals surface area contributed by atoms with Gasteiger partial charge in [-0.05, 0) is 24.0 Å². The fourth-order valence-corrected chi connectivity index (χ4v) is 1.92. The maximum Gasteiger partial charge on any atom is 0.326 e. The minimum absolute atomic E-state index is 0.130. The minimum Gasteiger partial charge on any atom is -0.480 e. The van der Waals surface area contributed by atoms with Crippen LogP contribution in [0, 0.1) is 5.92 Å². The van der Waals surface area contributed by atoms with Crippen LogP contribution in [0.4, 0.5) is 0 Å². The Morgan fingerprint density at radius 3 is 2.54 bits per heavy atom. The van der Waals surface area contributed by atoms with Gasteiger partial charge in [0, 0.05) is 18.9 Å². The molecule has 0 bridgehead atoms. The van der Waals surface area contributed by atoms with Gasteiger partial charge in [0.25, 0.3) is 0 Å². The maximum atomic E-state index is 11.7.